The van der Waals surface area contributed by atoms with E-state index >= 15 is 0 Å². The van der Waals surface area contributed by atoms with Crippen LogP contribution in [0.5, 0.6) is 23.0 Å². The highest BCUT2D eigenvalue weighted by Crippen LogP contribution is 2.45. The minimum Gasteiger partial charge on any atom is -0.489 e. The van der Waals surface area contributed by atoms with E-state index in [1.54, 1.807) is 12.5 Å². The van der Waals surface area contributed by atoms with E-state index in [4.69, 9.17) is 18.9 Å². The van der Waals surface area contributed by atoms with Gasteiger partial charge in [-0.25, -0.2) is 0 Å². The van der Waals surface area contributed by atoms with Crippen molar-refractivity contribution in [3.05, 3.63) is 241 Å². The van der Waals surface area contributed by atoms with Crippen LogP contribution in [0.1, 0.15) is 22.3 Å². The Morgan fingerprint density at radius 3 is 1.26 bits per heavy atom. The van der Waals surface area contributed by atoms with Gasteiger partial charge in [0, 0.05) is 11.1 Å². The van der Waals surface area contributed by atoms with Gasteiger partial charge in [-0.15, -0.1) is 0 Å². The molecule has 10 bridgehead atoms. The van der Waals surface area contributed by atoms with Gasteiger partial charge in [0.2, 0.25) is 0 Å². The highest BCUT2D eigenvalue weighted by molar-refractivity contribution is 6.09. The Morgan fingerprint density at radius 2 is 0.774 bits per heavy atom. The van der Waals surface area contributed by atoms with Crippen molar-refractivity contribution in [2.45, 2.75) is 26.1 Å². The molecule has 9 aromatic rings. The Morgan fingerprint density at radius 1 is 0.323 bits per heavy atom. The van der Waals surface area contributed by atoms with Gasteiger partial charge >= 0.3 is 0 Å². The van der Waals surface area contributed by atoms with Gasteiger partial charge in [0.25, 0.3) is 0 Å². The van der Waals surface area contributed by atoms with Crippen molar-refractivity contribution in [3.63, 3.8) is 0 Å². The summed E-state index contributed by atoms with van der Waals surface area (Å²) in [5.74, 6) is 3.15. The van der Waals surface area contributed by atoms with E-state index in [1.807, 2.05) is 24.3 Å². The number of hydrogen-bond acceptors (Lipinski definition) is 4. The Kier molecular flexibility index (Phi) is 11.0. The van der Waals surface area contributed by atoms with Gasteiger partial charge in [0.15, 0.2) is 0 Å². The van der Waals surface area contributed by atoms with E-state index in [2.05, 4.69) is 182 Å². The Bertz CT molecular complexity index is 2860. The fourth-order valence-electron chi connectivity index (χ4n) is 8.15. The molecule has 3 aliphatic heterocycles. The molecule has 0 N–H and O–H groups in total. The summed E-state index contributed by atoms with van der Waals surface area (Å²) in [6.07, 6.45) is 9.05. The van der Waals surface area contributed by atoms with E-state index in [1.165, 1.54) is 11.1 Å². The zero-order valence-electron chi connectivity index (χ0n) is 34.2. The predicted molar refractivity (Wildman–Crippen MR) is 253 cm³/mol. The molecule has 0 aliphatic carbocycles. The smallest absolute Gasteiger partial charge is 0.135 e. The van der Waals surface area contributed by atoms with Crippen LogP contribution in [-0.2, 0) is 26.1 Å². The molecule has 0 fully saturated rings. The summed E-state index contributed by atoms with van der Waals surface area (Å²) in [6.45, 7) is 0.954. The van der Waals surface area contributed by atoms with Gasteiger partial charge in [0.1, 0.15) is 36.2 Å². The largest absolute Gasteiger partial charge is 0.489 e. The monoisotopic (exact) mass is 804 g/mol. The van der Waals surface area contributed by atoms with Crippen molar-refractivity contribution >= 4 is 21.5 Å². The van der Waals surface area contributed by atoms with Crippen LogP contribution in [0.25, 0.3) is 54.9 Å². The maximum Gasteiger partial charge on any atom is 0.135 e. The first-order chi connectivity index (χ1) is 30.7. The first-order valence-electron chi connectivity index (χ1n) is 21.1. The normalized spacial score (nSPS) is 13.5. The molecule has 0 saturated heterocycles. The van der Waals surface area contributed by atoms with Gasteiger partial charge in [0.05, 0.1) is 12.5 Å². The fraction of sp³-hybridized carbons (Fsp3) is 0.0690. The van der Waals surface area contributed by atoms with Gasteiger partial charge in [-0.2, -0.15) is 0 Å². The van der Waals surface area contributed by atoms with Gasteiger partial charge in [-0.3, -0.25) is 0 Å². The number of fused-ring (bicyclic) bond motifs is 4. The SMILES string of the molecule is C1=COc2ccc3ccccc3c2-c2c(ccc3ccccc23)O/C=C\Cc2cccc(c2)OCc2ccc(cc2)-c2cccc(c2)-c2ccc(cc2)COc2cccc(c2)C1. The summed E-state index contributed by atoms with van der Waals surface area (Å²) in [7, 11) is 0. The molecule has 0 amide bonds. The van der Waals surface area contributed by atoms with Crippen molar-refractivity contribution in [1.29, 1.82) is 0 Å². The number of rotatable bonds is 0. The summed E-state index contributed by atoms with van der Waals surface area (Å²) < 4.78 is 25.7. The number of ether oxygens (including phenoxy) is 4. The molecule has 0 radical (unpaired) electrons. The minimum atomic E-state index is 0.477. The van der Waals surface area contributed by atoms with Crippen molar-refractivity contribution in [2.24, 2.45) is 0 Å². The Labute approximate surface area is 362 Å². The molecule has 62 heavy (non-hydrogen) atoms. The third-order valence-electron chi connectivity index (χ3n) is 11.4. The van der Waals surface area contributed by atoms with Gasteiger partial charge in [-0.1, -0.05) is 152 Å². The summed E-state index contributed by atoms with van der Waals surface area (Å²) in [5.41, 5.74) is 11.1. The van der Waals surface area contributed by atoms with Crippen LogP contribution in [0.15, 0.2) is 219 Å². The number of benzene rings is 9. The molecule has 0 unspecified atom stereocenters. The van der Waals surface area contributed by atoms with Crippen molar-refractivity contribution < 1.29 is 18.9 Å². The second-order valence-corrected chi connectivity index (χ2v) is 15.6. The summed E-state index contributed by atoms with van der Waals surface area (Å²) >= 11 is 0. The van der Waals surface area contributed by atoms with Crippen LogP contribution in [0.2, 0.25) is 0 Å². The quantitative estimate of drug-likeness (QED) is 0.153. The molecule has 0 spiro atoms. The highest BCUT2D eigenvalue weighted by Gasteiger charge is 2.19. The zero-order chi connectivity index (χ0) is 41.5. The third-order valence-corrected chi connectivity index (χ3v) is 11.4. The lowest BCUT2D eigenvalue weighted by Crippen LogP contribution is -1.96. The summed E-state index contributed by atoms with van der Waals surface area (Å²) in [4.78, 5) is 0. The van der Waals surface area contributed by atoms with E-state index in [-0.39, 0.29) is 0 Å². The van der Waals surface area contributed by atoms with E-state index in [0.717, 1.165) is 89.1 Å². The topological polar surface area (TPSA) is 36.9 Å². The van der Waals surface area contributed by atoms with E-state index in [0.29, 0.717) is 26.1 Å². The van der Waals surface area contributed by atoms with Crippen molar-refractivity contribution in [3.8, 4) is 56.4 Å². The van der Waals surface area contributed by atoms with Crippen LogP contribution in [0, 0.1) is 0 Å². The lowest BCUT2D eigenvalue weighted by atomic mass is 9.92. The van der Waals surface area contributed by atoms with Crippen LogP contribution in [0.3, 0.4) is 0 Å². The highest BCUT2D eigenvalue weighted by atomic mass is 16.5. The standard InChI is InChI=1S/C58H44O4/c1-3-20-53-47(14-1)30-32-55-57(53)58-54-21-4-2-15-48(54)31-33-56(58)60-35-9-13-42-11-6-19-52(37-42)62-40-44-24-28-46(29-25-44)50-17-7-16-49(38-50)45-26-22-43(23-27-45)39-61-51-18-5-10-41(36-51)12-8-34-59-55/h1-11,14-38H,12-13,39-40H2/b34-8-,35-9?. The zero-order valence-corrected chi connectivity index (χ0v) is 34.2. The molecule has 12 rings (SSSR count). The molecule has 3 aliphatic rings. The maximum absolute atomic E-state index is 6.55. The van der Waals surface area contributed by atoms with Crippen molar-refractivity contribution in [1.82, 2.24) is 0 Å². The minimum absolute atomic E-state index is 0.477. The van der Waals surface area contributed by atoms with Crippen LogP contribution < -0.4 is 18.9 Å². The molecule has 0 atom stereocenters. The molecule has 300 valence electrons. The second kappa shape index (κ2) is 17.8. The Balaban J connectivity index is 0.988. The second-order valence-electron chi connectivity index (χ2n) is 15.6. The van der Waals surface area contributed by atoms with E-state index < -0.39 is 0 Å². The number of allylic oxidation sites excluding steroid dienone is 2. The molecular weight excluding hydrogens is 761 g/mol. The summed E-state index contributed by atoms with van der Waals surface area (Å²) in [5, 5.41) is 4.40. The first kappa shape index (κ1) is 38.4. The molecule has 0 aromatic heterocycles. The molecule has 0 saturated carbocycles. The van der Waals surface area contributed by atoms with Crippen LogP contribution in [-0.4, -0.2) is 0 Å². The Hall–Kier alpha value is -7.82. The molecule has 4 nitrogen and oxygen atoms in total. The van der Waals surface area contributed by atoms with E-state index in [9.17, 15) is 0 Å². The predicted octanol–water partition coefficient (Wildman–Crippen LogP) is 14.7. The average molecular weight is 805 g/mol. The molecule has 3 heterocycles. The molecule has 9 aromatic carbocycles. The third kappa shape index (κ3) is 8.58. The molecular formula is C58H44O4. The first-order valence-corrected chi connectivity index (χ1v) is 21.1. The average Bonchev–Trinajstić information content (AvgIpc) is 3.33. The van der Waals surface area contributed by atoms with Crippen LogP contribution >= 0.6 is 0 Å². The van der Waals surface area contributed by atoms with Crippen LogP contribution in [0.4, 0.5) is 0 Å². The lowest BCUT2D eigenvalue weighted by molar-refractivity contribution is 0.306. The van der Waals surface area contributed by atoms with Gasteiger partial charge < -0.3 is 18.9 Å². The van der Waals surface area contributed by atoms with Gasteiger partial charge in [-0.05, 0) is 134 Å². The molecule has 4 heteroatoms. The summed E-state index contributed by atoms with van der Waals surface area (Å²) in [6, 6.07) is 67.7. The number of hydrogen-bond donors (Lipinski definition) is 0. The fourth-order valence-corrected chi connectivity index (χ4v) is 8.15. The lowest BCUT2D eigenvalue weighted by Gasteiger charge is -2.18. The van der Waals surface area contributed by atoms with Crippen molar-refractivity contribution in [2.75, 3.05) is 0 Å². The maximum atomic E-state index is 6.55.